The van der Waals surface area contributed by atoms with E-state index in [0.717, 1.165) is 3.57 Å². The number of methoxy groups -OCH3 is 1. The highest BCUT2D eigenvalue weighted by Gasteiger charge is 2.17. The molecule has 0 aromatic carbocycles. The topological polar surface area (TPSA) is 68.3 Å². The number of nitrogens with one attached hydrogen (secondary N) is 1. The molecule has 0 aliphatic heterocycles. The molecule has 1 N–H and O–H groups in total. The zero-order chi connectivity index (χ0) is 12.8. The van der Waals surface area contributed by atoms with Crippen molar-refractivity contribution in [3.05, 3.63) is 21.9 Å². The molecule has 0 aliphatic rings. The standard InChI is InChI=1S/C11H13IN2O3/c1-7(11(16)17-2)5-10(15)14-9-4-3-8(12)6-13-9/h3-4,6-7H,5H2,1-2H3,(H,13,14,15). The Morgan fingerprint density at radius 1 is 1.53 bits per heavy atom. The van der Waals surface area contributed by atoms with E-state index >= 15 is 0 Å². The molecular weight excluding hydrogens is 335 g/mol. The minimum Gasteiger partial charge on any atom is -0.469 e. The van der Waals surface area contributed by atoms with Crippen molar-refractivity contribution in [3.8, 4) is 0 Å². The van der Waals surface area contributed by atoms with Crippen molar-refractivity contribution in [2.75, 3.05) is 12.4 Å². The number of carbonyl (C=O) groups is 2. The first-order valence-electron chi connectivity index (χ1n) is 5.02. The number of hydrogen-bond donors (Lipinski definition) is 1. The lowest BCUT2D eigenvalue weighted by atomic mass is 10.1. The Bertz CT molecular complexity index is 406. The van der Waals surface area contributed by atoms with Gasteiger partial charge in [-0.05, 0) is 34.7 Å². The third-order valence-corrected chi connectivity index (χ3v) is 2.73. The molecule has 0 fully saturated rings. The van der Waals surface area contributed by atoms with Crippen LogP contribution in [0.4, 0.5) is 5.82 Å². The van der Waals surface area contributed by atoms with Crippen molar-refractivity contribution < 1.29 is 14.3 Å². The number of halogens is 1. The fourth-order valence-corrected chi connectivity index (χ4v) is 1.53. The fraction of sp³-hybridized carbons (Fsp3) is 0.364. The van der Waals surface area contributed by atoms with Gasteiger partial charge >= 0.3 is 5.97 Å². The summed E-state index contributed by atoms with van der Waals surface area (Å²) in [6.45, 7) is 1.65. The van der Waals surface area contributed by atoms with Gasteiger partial charge in [0.05, 0.1) is 13.0 Å². The number of pyridine rings is 1. The van der Waals surface area contributed by atoms with E-state index in [4.69, 9.17) is 0 Å². The van der Waals surface area contributed by atoms with Gasteiger partial charge in [-0.2, -0.15) is 0 Å². The smallest absolute Gasteiger partial charge is 0.308 e. The summed E-state index contributed by atoms with van der Waals surface area (Å²) in [6.07, 6.45) is 1.74. The first-order chi connectivity index (χ1) is 8.02. The van der Waals surface area contributed by atoms with Crippen LogP contribution in [0.5, 0.6) is 0 Å². The van der Waals surface area contributed by atoms with Crippen molar-refractivity contribution in [2.45, 2.75) is 13.3 Å². The molecule has 0 saturated heterocycles. The van der Waals surface area contributed by atoms with Crippen LogP contribution < -0.4 is 5.32 Å². The molecule has 0 saturated carbocycles. The Morgan fingerprint density at radius 3 is 2.76 bits per heavy atom. The minimum atomic E-state index is -0.455. The second-order valence-electron chi connectivity index (χ2n) is 3.54. The van der Waals surface area contributed by atoms with E-state index in [0.29, 0.717) is 5.82 Å². The van der Waals surface area contributed by atoms with Crippen LogP contribution in [0.3, 0.4) is 0 Å². The Hall–Kier alpha value is -1.18. The third-order valence-electron chi connectivity index (χ3n) is 2.09. The number of amides is 1. The van der Waals surface area contributed by atoms with E-state index in [-0.39, 0.29) is 12.3 Å². The highest BCUT2D eigenvalue weighted by molar-refractivity contribution is 14.1. The predicted molar refractivity (Wildman–Crippen MR) is 71.4 cm³/mol. The van der Waals surface area contributed by atoms with Gasteiger partial charge in [-0.15, -0.1) is 0 Å². The highest BCUT2D eigenvalue weighted by Crippen LogP contribution is 2.09. The molecule has 5 nitrogen and oxygen atoms in total. The molecular formula is C11H13IN2O3. The van der Waals surface area contributed by atoms with E-state index in [9.17, 15) is 9.59 Å². The minimum absolute atomic E-state index is 0.0837. The SMILES string of the molecule is COC(=O)C(C)CC(=O)Nc1ccc(I)cn1. The summed E-state index contributed by atoms with van der Waals surface area (Å²) in [6, 6.07) is 3.55. The molecule has 0 radical (unpaired) electrons. The summed E-state index contributed by atoms with van der Waals surface area (Å²) in [5.74, 6) is -0.622. The Kier molecular flexibility index (Phi) is 5.33. The highest BCUT2D eigenvalue weighted by atomic mass is 127. The van der Waals surface area contributed by atoms with Crippen molar-refractivity contribution in [2.24, 2.45) is 5.92 Å². The van der Waals surface area contributed by atoms with E-state index in [2.05, 4.69) is 37.6 Å². The average molecular weight is 348 g/mol. The van der Waals surface area contributed by atoms with Gasteiger partial charge in [0, 0.05) is 16.2 Å². The molecule has 1 aromatic heterocycles. The van der Waals surface area contributed by atoms with Crippen LogP contribution in [0, 0.1) is 9.49 Å². The number of anilines is 1. The average Bonchev–Trinajstić information content (AvgIpc) is 2.30. The maximum atomic E-state index is 11.6. The summed E-state index contributed by atoms with van der Waals surface area (Å²) in [5.41, 5.74) is 0. The van der Waals surface area contributed by atoms with Crippen LogP contribution >= 0.6 is 22.6 Å². The van der Waals surface area contributed by atoms with Gasteiger partial charge in [-0.25, -0.2) is 4.98 Å². The molecule has 0 bridgehead atoms. The largest absolute Gasteiger partial charge is 0.469 e. The van der Waals surface area contributed by atoms with Crippen LogP contribution in [0.1, 0.15) is 13.3 Å². The lowest BCUT2D eigenvalue weighted by Crippen LogP contribution is -2.21. The van der Waals surface area contributed by atoms with Crippen LogP contribution in [0.2, 0.25) is 0 Å². The summed E-state index contributed by atoms with van der Waals surface area (Å²) in [7, 11) is 1.30. The number of nitrogens with zero attached hydrogens (tertiary/aromatic N) is 1. The fourth-order valence-electron chi connectivity index (χ4n) is 1.21. The molecule has 17 heavy (non-hydrogen) atoms. The van der Waals surface area contributed by atoms with Crippen molar-refractivity contribution in [3.63, 3.8) is 0 Å². The molecule has 0 aliphatic carbocycles. The Labute approximate surface area is 113 Å². The molecule has 1 unspecified atom stereocenters. The quantitative estimate of drug-likeness (QED) is 0.666. The van der Waals surface area contributed by atoms with Gasteiger partial charge in [0.25, 0.3) is 0 Å². The van der Waals surface area contributed by atoms with Gasteiger partial charge in [0.1, 0.15) is 5.82 Å². The monoisotopic (exact) mass is 348 g/mol. The van der Waals surface area contributed by atoms with Gasteiger partial charge < -0.3 is 10.1 Å². The molecule has 1 aromatic rings. The molecule has 92 valence electrons. The van der Waals surface area contributed by atoms with Crippen LogP contribution in [-0.4, -0.2) is 24.0 Å². The molecule has 0 spiro atoms. The number of aromatic nitrogens is 1. The number of hydrogen-bond acceptors (Lipinski definition) is 4. The number of rotatable bonds is 4. The summed E-state index contributed by atoms with van der Waals surface area (Å²) in [4.78, 5) is 26.7. The maximum Gasteiger partial charge on any atom is 0.308 e. The van der Waals surface area contributed by atoms with Gasteiger partial charge in [0.15, 0.2) is 0 Å². The van der Waals surface area contributed by atoms with Gasteiger partial charge in [0.2, 0.25) is 5.91 Å². The van der Waals surface area contributed by atoms with Crippen molar-refractivity contribution in [1.82, 2.24) is 4.98 Å². The zero-order valence-corrected chi connectivity index (χ0v) is 11.7. The van der Waals surface area contributed by atoms with E-state index in [1.165, 1.54) is 7.11 Å². The Balaban J connectivity index is 2.50. The van der Waals surface area contributed by atoms with Crippen molar-refractivity contribution in [1.29, 1.82) is 0 Å². The van der Waals surface area contributed by atoms with E-state index < -0.39 is 11.9 Å². The second kappa shape index (κ2) is 6.53. The van der Waals surface area contributed by atoms with E-state index in [1.807, 2.05) is 6.07 Å². The number of esters is 1. The molecule has 1 atom stereocenters. The second-order valence-corrected chi connectivity index (χ2v) is 4.78. The van der Waals surface area contributed by atoms with Crippen LogP contribution in [0.25, 0.3) is 0 Å². The summed E-state index contributed by atoms with van der Waals surface area (Å²) in [5, 5.41) is 2.62. The number of carbonyl (C=O) groups excluding carboxylic acids is 2. The van der Waals surface area contributed by atoms with Gasteiger partial charge in [-0.3, -0.25) is 9.59 Å². The predicted octanol–water partition coefficient (Wildman–Crippen LogP) is 1.82. The molecule has 1 amide bonds. The van der Waals surface area contributed by atoms with Crippen LogP contribution in [-0.2, 0) is 14.3 Å². The maximum absolute atomic E-state index is 11.6. The van der Waals surface area contributed by atoms with Crippen molar-refractivity contribution >= 4 is 40.3 Å². The lowest BCUT2D eigenvalue weighted by molar-refractivity contribution is -0.146. The first kappa shape index (κ1) is 13.9. The van der Waals surface area contributed by atoms with Gasteiger partial charge in [-0.1, -0.05) is 6.92 Å². The molecule has 6 heteroatoms. The number of ether oxygens (including phenoxy) is 1. The third kappa shape index (κ3) is 4.68. The van der Waals surface area contributed by atoms with E-state index in [1.54, 1.807) is 19.2 Å². The van der Waals surface area contributed by atoms with Crippen LogP contribution in [0.15, 0.2) is 18.3 Å². The first-order valence-corrected chi connectivity index (χ1v) is 6.10. The Morgan fingerprint density at radius 2 is 2.24 bits per heavy atom. The normalized spacial score (nSPS) is 11.7. The summed E-state index contributed by atoms with van der Waals surface area (Å²) >= 11 is 2.13. The lowest BCUT2D eigenvalue weighted by Gasteiger charge is -2.09. The zero-order valence-electron chi connectivity index (χ0n) is 9.57. The summed E-state index contributed by atoms with van der Waals surface area (Å²) < 4.78 is 5.53. The molecule has 1 heterocycles. The molecule has 1 rings (SSSR count).